The van der Waals surface area contributed by atoms with Crippen LogP contribution in [0.4, 0.5) is 26.3 Å². The second kappa shape index (κ2) is 14.8. The number of nitrogens with zero attached hydrogens (tertiary/aromatic N) is 5. The number of nitriles is 3. The fourth-order valence-electron chi connectivity index (χ4n) is 8.67. The molecule has 306 valence electrons. The van der Waals surface area contributed by atoms with E-state index < -0.39 is 29.0 Å². The molecular weight excluding hydrogens is 821 g/mol. The van der Waals surface area contributed by atoms with Gasteiger partial charge in [-0.05, 0) is 107 Å². The largest absolute Gasteiger partial charge is 0.416 e. The van der Waals surface area contributed by atoms with E-state index in [4.69, 9.17) is 0 Å². The number of halogens is 6. The molecule has 0 saturated carbocycles. The van der Waals surface area contributed by atoms with Crippen LogP contribution in [0.1, 0.15) is 27.8 Å². The molecule has 0 aliphatic heterocycles. The Kier molecular flexibility index (Phi) is 9.14. The van der Waals surface area contributed by atoms with Crippen molar-refractivity contribution in [2.75, 3.05) is 0 Å². The Morgan fingerprint density at radius 3 is 1.19 bits per heavy atom. The molecule has 64 heavy (non-hydrogen) atoms. The van der Waals surface area contributed by atoms with E-state index in [-0.39, 0.29) is 17.2 Å². The minimum atomic E-state index is -5.13. The summed E-state index contributed by atoms with van der Waals surface area (Å²) >= 11 is 0. The van der Waals surface area contributed by atoms with Crippen molar-refractivity contribution in [3.8, 4) is 63.0 Å². The summed E-state index contributed by atoms with van der Waals surface area (Å²) in [5.74, 6) is 0. The van der Waals surface area contributed by atoms with Crippen molar-refractivity contribution in [3.05, 3.63) is 192 Å². The molecule has 2 heterocycles. The highest BCUT2D eigenvalue weighted by Gasteiger charge is 2.37. The lowest BCUT2D eigenvalue weighted by Gasteiger charge is -2.21. The van der Waals surface area contributed by atoms with E-state index in [1.807, 2.05) is 118 Å². The van der Waals surface area contributed by atoms with Crippen molar-refractivity contribution in [2.45, 2.75) is 12.4 Å². The molecule has 8 aromatic carbocycles. The van der Waals surface area contributed by atoms with Gasteiger partial charge >= 0.3 is 12.4 Å². The van der Waals surface area contributed by atoms with Gasteiger partial charge in [0.1, 0.15) is 0 Å². The van der Waals surface area contributed by atoms with Crippen LogP contribution in [0.15, 0.2) is 164 Å². The SMILES string of the molecule is N#Cc1ccc(-c2ccc3c4ccccc4n(-c4cc(C#N)c(-c5cc(C(F)(F)F)cc(C(F)(F)F)c5)cc4-n4c5ccccc5c5ccc(-c6ccc(C#N)cc6)cc54)c3c2)cc1. The van der Waals surface area contributed by atoms with Crippen LogP contribution >= 0.6 is 0 Å². The molecule has 0 aliphatic carbocycles. The third kappa shape index (κ3) is 6.57. The zero-order valence-corrected chi connectivity index (χ0v) is 33.1. The number of rotatable bonds is 5. The van der Waals surface area contributed by atoms with Gasteiger partial charge in [-0.25, -0.2) is 0 Å². The number of para-hydroxylation sites is 2. The second-order valence-corrected chi connectivity index (χ2v) is 15.3. The zero-order chi connectivity index (χ0) is 44.5. The highest BCUT2D eigenvalue weighted by atomic mass is 19.4. The Morgan fingerprint density at radius 1 is 0.359 bits per heavy atom. The molecule has 0 unspecified atom stereocenters. The minimum Gasteiger partial charge on any atom is -0.307 e. The van der Waals surface area contributed by atoms with Crippen LogP contribution in [0, 0.1) is 34.0 Å². The Bertz CT molecular complexity index is 3630. The average Bonchev–Trinajstić information content (AvgIpc) is 3.82. The number of hydrogen-bond donors (Lipinski definition) is 0. The van der Waals surface area contributed by atoms with Gasteiger partial charge in [-0.15, -0.1) is 0 Å². The van der Waals surface area contributed by atoms with Crippen LogP contribution in [0.3, 0.4) is 0 Å². The summed E-state index contributed by atoms with van der Waals surface area (Å²) in [4.78, 5) is 0. The summed E-state index contributed by atoms with van der Waals surface area (Å²) in [6.45, 7) is 0. The molecule has 2 aromatic heterocycles. The summed E-state index contributed by atoms with van der Waals surface area (Å²) in [5, 5.41) is 33.1. The topological polar surface area (TPSA) is 81.2 Å². The maximum absolute atomic E-state index is 14.4. The smallest absolute Gasteiger partial charge is 0.307 e. The van der Waals surface area contributed by atoms with Gasteiger partial charge in [-0.3, -0.25) is 0 Å². The molecule has 11 heteroatoms. The van der Waals surface area contributed by atoms with E-state index in [2.05, 4.69) is 18.2 Å². The van der Waals surface area contributed by atoms with Crippen molar-refractivity contribution in [3.63, 3.8) is 0 Å². The summed E-state index contributed by atoms with van der Waals surface area (Å²) < 4.78 is 90.2. The van der Waals surface area contributed by atoms with Crippen LogP contribution in [0.25, 0.3) is 88.4 Å². The van der Waals surface area contributed by atoms with E-state index in [1.54, 1.807) is 24.3 Å². The number of alkyl halides is 6. The van der Waals surface area contributed by atoms with E-state index in [0.29, 0.717) is 51.2 Å². The Hall–Kier alpha value is -8.59. The number of hydrogen-bond acceptors (Lipinski definition) is 3. The predicted octanol–water partition coefficient (Wildman–Crippen LogP) is 14.5. The zero-order valence-electron chi connectivity index (χ0n) is 33.1. The molecule has 10 rings (SSSR count). The van der Waals surface area contributed by atoms with Crippen molar-refractivity contribution in [1.29, 1.82) is 15.8 Å². The van der Waals surface area contributed by atoms with Gasteiger partial charge in [0.15, 0.2) is 0 Å². The Morgan fingerprint density at radius 2 is 0.766 bits per heavy atom. The normalized spacial score (nSPS) is 11.9. The standard InChI is InChI=1S/C53H27F6N5/c54-52(55,56)39-21-37(22-40(26-39)53(57,58)59)45-27-51(64-47-8-4-2-6-42(47)44-20-18-36(24-49(44)64)34-15-11-32(29-61)12-16-34)50(25-38(45)30-62)63-46-7-3-1-5-41(46)43-19-17-35(23-48(43)63)33-13-9-31(28-60)10-14-33/h1-27H. The lowest BCUT2D eigenvalue weighted by molar-refractivity contribution is -0.143. The van der Waals surface area contributed by atoms with Gasteiger partial charge in [0.2, 0.25) is 0 Å². The highest BCUT2D eigenvalue weighted by molar-refractivity contribution is 6.13. The summed E-state index contributed by atoms with van der Waals surface area (Å²) in [7, 11) is 0. The third-order valence-electron chi connectivity index (χ3n) is 11.7. The molecule has 0 bridgehead atoms. The van der Waals surface area contributed by atoms with E-state index >= 15 is 0 Å². The molecule has 0 spiro atoms. The predicted molar refractivity (Wildman–Crippen MR) is 236 cm³/mol. The van der Waals surface area contributed by atoms with E-state index in [9.17, 15) is 42.1 Å². The van der Waals surface area contributed by atoms with Crippen LogP contribution in [0.2, 0.25) is 0 Å². The third-order valence-corrected chi connectivity index (χ3v) is 11.7. The fraction of sp³-hybridized carbons (Fsp3) is 0.0377. The minimum absolute atomic E-state index is 0.0754. The second-order valence-electron chi connectivity index (χ2n) is 15.3. The van der Waals surface area contributed by atoms with Crippen molar-refractivity contribution >= 4 is 43.6 Å². The monoisotopic (exact) mass is 847 g/mol. The van der Waals surface area contributed by atoms with Crippen molar-refractivity contribution < 1.29 is 26.3 Å². The maximum Gasteiger partial charge on any atom is 0.416 e. The summed E-state index contributed by atoms with van der Waals surface area (Å²) in [6.07, 6.45) is -10.3. The molecule has 0 amide bonds. The van der Waals surface area contributed by atoms with Gasteiger partial charge in [0.25, 0.3) is 0 Å². The summed E-state index contributed by atoms with van der Waals surface area (Å²) in [6, 6.07) is 52.0. The molecule has 10 aromatic rings. The molecule has 0 atom stereocenters. The lowest BCUT2D eigenvalue weighted by Crippen LogP contribution is -2.11. The van der Waals surface area contributed by atoms with Crippen LogP contribution in [0.5, 0.6) is 0 Å². The first-order valence-corrected chi connectivity index (χ1v) is 19.8. The van der Waals surface area contributed by atoms with Crippen LogP contribution < -0.4 is 0 Å². The first kappa shape index (κ1) is 39.5. The molecular formula is C53H27F6N5. The summed E-state index contributed by atoms with van der Waals surface area (Å²) in [5.41, 5.74) is 4.05. The van der Waals surface area contributed by atoms with E-state index in [0.717, 1.165) is 49.3 Å². The van der Waals surface area contributed by atoms with Gasteiger partial charge in [0, 0.05) is 27.1 Å². The Balaban J connectivity index is 1.35. The number of fused-ring (bicyclic) bond motifs is 6. The molecule has 0 radical (unpaired) electrons. The van der Waals surface area contributed by atoms with Crippen molar-refractivity contribution in [2.24, 2.45) is 0 Å². The van der Waals surface area contributed by atoms with Gasteiger partial charge in [-0.2, -0.15) is 42.1 Å². The van der Waals surface area contributed by atoms with Gasteiger partial charge < -0.3 is 9.13 Å². The lowest BCUT2D eigenvalue weighted by atomic mass is 9.94. The van der Waals surface area contributed by atoms with E-state index in [1.165, 1.54) is 12.1 Å². The highest BCUT2D eigenvalue weighted by Crippen LogP contribution is 2.44. The first-order chi connectivity index (χ1) is 30.8. The van der Waals surface area contributed by atoms with Gasteiger partial charge in [-0.1, -0.05) is 84.9 Å². The average molecular weight is 848 g/mol. The van der Waals surface area contributed by atoms with Crippen molar-refractivity contribution in [1.82, 2.24) is 9.13 Å². The fourth-order valence-corrected chi connectivity index (χ4v) is 8.67. The number of benzene rings is 8. The molecule has 0 saturated heterocycles. The first-order valence-electron chi connectivity index (χ1n) is 19.8. The van der Waals surface area contributed by atoms with Gasteiger partial charge in [0.05, 0.1) is 79.5 Å². The molecule has 0 aliphatic rings. The molecule has 0 fully saturated rings. The van der Waals surface area contributed by atoms with Crippen LogP contribution in [-0.4, -0.2) is 9.13 Å². The molecule has 0 N–H and O–H groups in total. The number of aromatic nitrogens is 2. The quantitative estimate of drug-likeness (QED) is 0.162. The Labute approximate surface area is 360 Å². The molecule has 5 nitrogen and oxygen atoms in total. The van der Waals surface area contributed by atoms with Crippen LogP contribution in [-0.2, 0) is 12.4 Å². The maximum atomic E-state index is 14.4.